The van der Waals surface area contributed by atoms with Gasteiger partial charge in [0, 0.05) is 17.2 Å². The molecular weight excluding hydrogens is 256 g/mol. The number of amides is 1. The van der Waals surface area contributed by atoms with Crippen LogP contribution in [0.5, 0.6) is 5.75 Å². The molecule has 0 bridgehead atoms. The molecule has 0 aliphatic rings. The zero-order valence-corrected chi connectivity index (χ0v) is 12.2. The second-order valence-corrected chi connectivity index (χ2v) is 4.73. The van der Waals surface area contributed by atoms with Crippen LogP contribution < -0.4 is 15.8 Å². The summed E-state index contributed by atoms with van der Waals surface area (Å²) in [7, 11) is 0. The summed E-state index contributed by atoms with van der Waals surface area (Å²) in [6, 6.07) is 5.27. The largest absolute Gasteiger partial charge is 0.494 e. The van der Waals surface area contributed by atoms with Crippen molar-refractivity contribution < 1.29 is 14.6 Å². The van der Waals surface area contributed by atoms with E-state index in [0.29, 0.717) is 30.2 Å². The Morgan fingerprint density at radius 3 is 2.85 bits per heavy atom. The maximum Gasteiger partial charge on any atom is 0.227 e. The standard InChI is InChI=1S/C15H24N2O3/c1-3-20-14-7-6-13(9-12(14)10-18)17-15(19)11(2)5-4-8-16/h6-7,9,11,18H,3-5,8,10,16H2,1-2H3,(H,17,19). The Hall–Kier alpha value is -1.59. The molecule has 0 saturated heterocycles. The molecule has 0 aromatic heterocycles. The molecule has 0 fully saturated rings. The van der Waals surface area contributed by atoms with Crippen LogP contribution in [0.3, 0.4) is 0 Å². The Kier molecular flexibility index (Phi) is 7.04. The summed E-state index contributed by atoms with van der Waals surface area (Å²) < 4.78 is 5.40. The fourth-order valence-corrected chi connectivity index (χ4v) is 1.90. The van der Waals surface area contributed by atoms with Crippen LogP contribution in [0.1, 0.15) is 32.3 Å². The molecule has 1 aromatic carbocycles. The van der Waals surface area contributed by atoms with Crippen molar-refractivity contribution in [1.29, 1.82) is 0 Å². The second kappa shape index (κ2) is 8.55. The Bertz CT molecular complexity index is 435. The fraction of sp³-hybridized carbons (Fsp3) is 0.533. The van der Waals surface area contributed by atoms with E-state index in [4.69, 9.17) is 10.5 Å². The summed E-state index contributed by atoms with van der Waals surface area (Å²) in [5.74, 6) is 0.526. The highest BCUT2D eigenvalue weighted by Crippen LogP contribution is 2.23. The molecule has 4 N–H and O–H groups in total. The molecule has 0 aliphatic heterocycles. The summed E-state index contributed by atoms with van der Waals surface area (Å²) in [5.41, 5.74) is 6.77. The minimum absolute atomic E-state index is 0.0356. The summed E-state index contributed by atoms with van der Waals surface area (Å²) in [5, 5.41) is 12.2. The van der Waals surface area contributed by atoms with E-state index in [-0.39, 0.29) is 18.4 Å². The predicted octanol–water partition coefficient (Wildman–Crippen LogP) is 1.89. The highest BCUT2D eigenvalue weighted by molar-refractivity contribution is 5.92. The minimum Gasteiger partial charge on any atom is -0.494 e. The van der Waals surface area contributed by atoms with Crippen LogP contribution >= 0.6 is 0 Å². The van der Waals surface area contributed by atoms with Gasteiger partial charge in [-0.15, -0.1) is 0 Å². The van der Waals surface area contributed by atoms with Gasteiger partial charge in [0.25, 0.3) is 0 Å². The van der Waals surface area contributed by atoms with Gasteiger partial charge in [0.1, 0.15) is 5.75 Å². The smallest absolute Gasteiger partial charge is 0.227 e. The van der Waals surface area contributed by atoms with E-state index in [1.807, 2.05) is 13.8 Å². The normalized spacial score (nSPS) is 12.0. The number of benzene rings is 1. The Morgan fingerprint density at radius 2 is 2.25 bits per heavy atom. The van der Waals surface area contributed by atoms with Gasteiger partial charge in [0.05, 0.1) is 13.2 Å². The molecule has 1 atom stereocenters. The molecule has 0 aliphatic carbocycles. The van der Waals surface area contributed by atoms with Crippen LogP contribution in [0.4, 0.5) is 5.69 Å². The molecule has 1 amide bonds. The number of aliphatic hydroxyl groups excluding tert-OH is 1. The van der Waals surface area contributed by atoms with Gasteiger partial charge < -0.3 is 20.9 Å². The lowest BCUT2D eigenvalue weighted by molar-refractivity contribution is -0.119. The average Bonchev–Trinajstić information content (AvgIpc) is 2.46. The van der Waals surface area contributed by atoms with E-state index in [0.717, 1.165) is 12.8 Å². The zero-order valence-electron chi connectivity index (χ0n) is 12.2. The van der Waals surface area contributed by atoms with E-state index < -0.39 is 0 Å². The first kappa shape index (κ1) is 16.5. The van der Waals surface area contributed by atoms with Gasteiger partial charge in [0.15, 0.2) is 0 Å². The molecule has 5 nitrogen and oxygen atoms in total. The van der Waals surface area contributed by atoms with Gasteiger partial charge in [-0.3, -0.25) is 4.79 Å². The molecule has 1 rings (SSSR count). The van der Waals surface area contributed by atoms with Gasteiger partial charge >= 0.3 is 0 Å². The van der Waals surface area contributed by atoms with E-state index >= 15 is 0 Å². The number of nitrogens with two attached hydrogens (primary N) is 1. The van der Waals surface area contributed by atoms with E-state index in [2.05, 4.69) is 5.32 Å². The number of carbonyl (C=O) groups is 1. The lowest BCUT2D eigenvalue weighted by Gasteiger charge is -2.14. The third-order valence-corrected chi connectivity index (χ3v) is 3.09. The van der Waals surface area contributed by atoms with Gasteiger partial charge in [-0.2, -0.15) is 0 Å². The van der Waals surface area contributed by atoms with Crippen molar-refractivity contribution in [3.05, 3.63) is 23.8 Å². The number of nitrogens with one attached hydrogen (secondary N) is 1. The maximum absolute atomic E-state index is 12.0. The second-order valence-electron chi connectivity index (χ2n) is 4.73. The molecule has 112 valence electrons. The summed E-state index contributed by atoms with van der Waals surface area (Å²) >= 11 is 0. The number of ether oxygens (including phenoxy) is 1. The molecule has 1 unspecified atom stereocenters. The highest BCUT2D eigenvalue weighted by atomic mass is 16.5. The Morgan fingerprint density at radius 1 is 1.50 bits per heavy atom. The third-order valence-electron chi connectivity index (χ3n) is 3.09. The van der Waals surface area contributed by atoms with Gasteiger partial charge in [-0.25, -0.2) is 0 Å². The van der Waals surface area contributed by atoms with Crippen molar-refractivity contribution in [2.45, 2.75) is 33.3 Å². The van der Waals surface area contributed by atoms with Crippen LogP contribution in [0.25, 0.3) is 0 Å². The van der Waals surface area contributed by atoms with Crippen LogP contribution in [-0.4, -0.2) is 24.2 Å². The molecule has 5 heteroatoms. The summed E-state index contributed by atoms with van der Waals surface area (Å²) in [4.78, 5) is 12.0. The number of anilines is 1. The van der Waals surface area contributed by atoms with Gasteiger partial charge in [-0.05, 0) is 44.5 Å². The zero-order chi connectivity index (χ0) is 15.0. The number of hydrogen-bond acceptors (Lipinski definition) is 4. The number of aliphatic hydroxyl groups is 1. The van der Waals surface area contributed by atoms with Crippen LogP contribution in [-0.2, 0) is 11.4 Å². The van der Waals surface area contributed by atoms with Crippen molar-refractivity contribution in [2.75, 3.05) is 18.5 Å². The molecule has 0 heterocycles. The highest BCUT2D eigenvalue weighted by Gasteiger charge is 2.13. The lowest BCUT2D eigenvalue weighted by atomic mass is 10.0. The Balaban J connectivity index is 2.70. The van der Waals surface area contributed by atoms with Crippen molar-refractivity contribution in [3.8, 4) is 5.75 Å². The summed E-state index contributed by atoms with van der Waals surface area (Å²) in [6.07, 6.45) is 1.60. The first-order chi connectivity index (χ1) is 9.62. The van der Waals surface area contributed by atoms with E-state index in [9.17, 15) is 9.90 Å². The van der Waals surface area contributed by atoms with Crippen molar-refractivity contribution in [1.82, 2.24) is 0 Å². The number of carbonyl (C=O) groups excluding carboxylic acids is 1. The van der Waals surface area contributed by atoms with Crippen molar-refractivity contribution in [3.63, 3.8) is 0 Å². The van der Waals surface area contributed by atoms with Crippen molar-refractivity contribution >= 4 is 11.6 Å². The summed E-state index contributed by atoms with van der Waals surface area (Å²) in [6.45, 7) is 4.77. The first-order valence-corrected chi connectivity index (χ1v) is 6.99. The van der Waals surface area contributed by atoms with Gasteiger partial charge in [-0.1, -0.05) is 6.92 Å². The average molecular weight is 280 g/mol. The maximum atomic E-state index is 12.0. The lowest BCUT2D eigenvalue weighted by Crippen LogP contribution is -2.21. The third kappa shape index (κ3) is 4.83. The number of hydrogen-bond donors (Lipinski definition) is 3. The fourth-order valence-electron chi connectivity index (χ4n) is 1.90. The molecule has 0 radical (unpaired) electrons. The molecule has 20 heavy (non-hydrogen) atoms. The minimum atomic E-state index is -0.123. The topological polar surface area (TPSA) is 84.6 Å². The SMILES string of the molecule is CCOc1ccc(NC(=O)C(C)CCCN)cc1CO. The Labute approximate surface area is 120 Å². The molecule has 0 spiro atoms. The van der Waals surface area contributed by atoms with Crippen LogP contribution in [0.2, 0.25) is 0 Å². The molecular formula is C15H24N2O3. The molecule has 0 saturated carbocycles. The van der Waals surface area contributed by atoms with E-state index in [1.165, 1.54) is 0 Å². The van der Waals surface area contributed by atoms with Gasteiger partial charge in [0.2, 0.25) is 5.91 Å². The van der Waals surface area contributed by atoms with Crippen LogP contribution in [0, 0.1) is 5.92 Å². The quantitative estimate of drug-likeness (QED) is 0.679. The van der Waals surface area contributed by atoms with Crippen molar-refractivity contribution in [2.24, 2.45) is 11.7 Å². The van der Waals surface area contributed by atoms with Crippen LogP contribution in [0.15, 0.2) is 18.2 Å². The predicted molar refractivity (Wildman–Crippen MR) is 79.6 cm³/mol. The first-order valence-electron chi connectivity index (χ1n) is 6.99. The number of rotatable bonds is 8. The van der Waals surface area contributed by atoms with E-state index in [1.54, 1.807) is 18.2 Å². The monoisotopic (exact) mass is 280 g/mol. The molecule has 1 aromatic rings.